The topological polar surface area (TPSA) is 72.5 Å². The van der Waals surface area contributed by atoms with Gasteiger partial charge in [-0.15, -0.1) is 0 Å². The van der Waals surface area contributed by atoms with Gasteiger partial charge in [-0.05, 0) is 55.0 Å². The van der Waals surface area contributed by atoms with Crippen LogP contribution in [0.25, 0.3) is 0 Å². The zero-order chi connectivity index (χ0) is 18.8. The normalized spacial score (nSPS) is 21.0. The van der Waals surface area contributed by atoms with Crippen LogP contribution < -0.4 is 15.4 Å². The van der Waals surface area contributed by atoms with E-state index in [0.29, 0.717) is 23.2 Å². The molecule has 2 aliphatic rings. The van der Waals surface area contributed by atoms with Crippen LogP contribution in [-0.4, -0.2) is 30.8 Å². The first-order chi connectivity index (χ1) is 13.1. The molecule has 1 fully saturated rings. The fraction of sp³-hybridized carbons (Fsp3) is 0.400. The molecule has 0 radical (unpaired) electrons. The molecule has 2 heterocycles. The van der Waals surface area contributed by atoms with Crippen molar-refractivity contribution in [1.29, 1.82) is 0 Å². The lowest BCUT2D eigenvalue weighted by atomic mass is 10.0. The van der Waals surface area contributed by atoms with Gasteiger partial charge in [-0.25, -0.2) is 9.78 Å². The van der Waals surface area contributed by atoms with Gasteiger partial charge in [0.25, 0.3) is 0 Å². The number of methoxy groups -OCH3 is 1. The lowest BCUT2D eigenvalue weighted by Gasteiger charge is -2.21. The van der Waals surface area contributed by atoms with Crippen molar-refractivity contribution in [2.24, 2.45) is 0 Å². The molecule has 0 bridgehead atoms. The van der Waals surface area contributed by atoms with E-state index in [-0.39, 0.29) is 18.2 Å². The van der Waals surface area contributed by atoms with Crippen LogP contribution in [0.2, 0.25) is 5.02 Å². The number of fused-ring (bicyclic) bond motifs is 1. The van der Waals surface area contributed by atoms with Crippen molar-refractivity contribution in [2.45, 2.75) is 37.8 Å². The molecule has 2 atom stereocenters. The maximum absolute atomic E-state index is 12.5. The number of hydrogen-bond donors (Lipinski definition) is 2. The number of aromatic nitrogens is 1. The van der Waals surface area contributed by atoms with Crippen molar-refractivity contribution in [3.63, 3.8) is 0 Å². The molecule has 2 amide bonds. The van der Waals surface area contributed by atoms with Crippen molar-refractivity contribution in [2.75, 3.05) is 19.0 Å². The average Bonchev–Trinajstić information content (AvgIpc) is 3.31. The number of hydrogen-bond acceptors (Lipinski definition) is 4. The highest BCUT2D eigenvalue weighted by Gasteiger charge is 2.31. The minimum Gasteiger partial charge on any atom is -0.481 e. The van der Waals surface area contributed by atoms with Crippen LogP contribution >= 0.6 is 11.6 Å². The summed E-state index contributed by atoms with van der Waals surface area (Å²) in [5, 5.41) is 6.46. The average molecular weight is 388 g/mol. The fourth-order valence-electron chi connectivity index (χ4n) is 3.76. The SMILES string of the molecule is COc1ccc([C@@H]2OCC[C@H]2NC(=O)Nc2cc3c(cc2Cl)CCC3)cn1. The third-order valence-corrected chi connectivity index (χ3v) is 5.45. The minimum atomic E-state index is -0.281. The molecule has 0 saturated carbocycles. The first-order valence-electron chi connectivity index (χ1n) is 9.14. The summed E-state index contributed by atoms with van der Waals surface area (Å²) in [6.07, 6.45) is 5.45. The Labute approximate surface area is 163 Å². The van der Waals surface area contributed by atoms with E-state index in [9.17, 15) is 4.79 Å². The maximum atomic E-state index is 12.5. The number of benzene rings is 1. The first-order valence-corrected chi connectivity index (χ1v) is 9.52. The van der Waals surface area contributed by atoms with E-state index in [1.807, 2.05) is 18.2 Å². The zero-order valence-electron chi connectivity index (χ0n) is 15.1. The van der Waals surface area contributed by atoms with Gasteiger partial charge in [-0.1, -0.05) is 11.6 Å². The third-order valence-electron chi connectivity index (χ3n) is 5.13. The van der Waals surface area contributed by atoms with Crippen molar-refractivity contribution in [3.8, 4) is 5.88 Å². The van der Waals surface area contributed by atoms with Gasteiger partial charge >= 0.3 is 6.03 Å². The number of rotatable bonds is 4. The van der Waals surface area contributed by atoms with E-state index in [1.165, 1.54) is 11.1 Å². The molecule has 2 N–H and O–H groups in total. The summed E-state index contributed by atoms with van der Waals surface area (Å²) >= 11 is 6.33. The predicted molar refractivity (Wildman–Crippen MR) is 104 cm³/mol. The Morgan fingerprint density at radius 1 is 1.30 bits per heavy atom. The number of nitrogens with one attached hydrogen (secondary N) is 2. The predicted octanol–water partition coefficient (Wildman–Crippen LogP) is 3.88. The number of pyridine rings is 1. The molecule has 6 nitrogen and oxygen atoms in total. The summed E-state index contributed by atoms with van der Waals surface area (Å²) < 4.78 is 10.9. The van der Waals surface area contributed by atoms with Gasteiger partial charge in [0.05, 0.1) is 23.9 Å². The summed E-state index contributed by atoms with van der Waals surface area (Å²) in [5.74, 6) is 0.547. The Kier molecular flexibility index (Phi) is 5.18. The van der Waals surface area contributed by atoms with Crippen LogP contribution in [0.3, 0.4) is 0 Å². The summed E-state index contributed by atoms with van der Waals surface area (Å²) in [7, 11) is 1.58. The number of urea groups is 1. The smallest absolute Gasteiger partial charge is 0.319 e. The van der Waals surface area contributed by atoms with Gasteiger partial charge in [-0.2, -0.15) is 0 Å². The minimum absolute atomic E-state index is 0.131. The summed E-state index contributed by atoms with van der Waals surface area (Å²) in [6.45, 7) is 0.585. The standard InChI is InChI=1S/C20H22ClN3O3/c1-26-18-6-5-14(11-22-18)19-16(7-8-27-19)23-20(25)24-17-10-13-4-2-3-12(13)9-15(17)21/h5-6,9-11,16,19H,2-4,7-8H2,1H3,(H2,23,24,25)/t16-,19+/m1/s1. The molecule has 1 aliphatic carbocycles. The molecule has 0 spiro atoms. The van der Waals surface area contributed by atoms with Crippen molar-refractivity contribution in [3.05, 3.63) is 52.2 Å². The molecule has 0 unspecified atom stereocenters. The monoisotopic (exact) mass is 387 g/mol. The first kappa shape index (κ1) is 18.1. The van der Waals surface area contributed by atoms with E-state index in [0.717, 1.165) is 31.2 Å². The van der Waals surface area contributed by atoms with Gasteiger partial charge in [0, 0.05) is 24.4 Å². The van der Waals surface area contributed by atoms with Crippen LogP contribution in [0, 0.1) is 0 Å². The number of halogens is 1. The molecule has 1 aromatic carbocycles. The maximum Gasteiger partial charge on any atom is 0.319 e. The highest BCUT2D eigenvalue weighted by molar-refractivity contribution is 6.33. The second-order valence-corrected chi connectivity index (χ2v) is 7.28. The van der Waals surface area contributed by atoms with E-state index in [2.05, 4.69) is 15.6 Å². The van der Waals surface area contributed by atoms with Gasteiger partial charge in [0.15, 0.2) is 0 Å². The Bertz CT molecular complexity index is 841. The Morgan fingerprint density at radius 3 is 2.85 bits per heavy atom. The highest BCUT2D eigenvalue weighted by Crippen LogP contribution is 2.32. The number of ether oxygens (including phenoxy) is 2. The van der Waals surface area contributed by atoms with Crippen LogP contribution in [0.4, 0.5) is 10.5 Å². The lowest BCUT2D eigenvalue weighted by Crippen LogP contribution is -2.39. The van der Waals surface area contributed by atoms with Gasteiger partial charge < -0.3 is 20.1 Å². The molecular weight excluding hydrogens is 366 g/mol. The summed E-state index contributed by atoms with van der Waals surface area (Å²) in [4.78, 5) is 16.7. The Morgan fingerprint density at radius 2 is 2.11 bits per heavy atom. The Balaban J connectivity index is 1.42. The molecule has 1 aliphatic heterocycles. The van der Waals surface area contributed by atoms with Gasteiger partial charge in [0.1, 0.15) is 6.10 Å². The third kappa shape index (κ3) is 3.87. The van der Waals surface area contributed by atoms with Crippen molar-refractivity contribution >= 4 is 23.3 Å². The van der Waals surface area contributed by atoms with Crippen LogP contribution in [0.1, 0.15) is 35.6 Å². The number of anilines is 1. The number of amides is 2. The molecule has 7 heteroatoms. The second kappa shape index (κ2) is 7.74. The van der Waals surface area contributed by atoms with Crippen LogP contribution in [0.15, 0.2) is 30.5 Å². The van der Waals surface area contributed by atoms with Crippen LogP contribution in [0.5, 0.6) is 5.88 Å². The van der Waals surface area contributed by atoms with E-state index < -0.39 is 0 Å². The second-order valence-electron chi connectivity index (χ2n) is 6.87. The molecule has 4 rings (SSSR count). The summed E-state index contributed by atoms with van der Waals surface area (Å²) in [6, 6.07) is 7.24. The van der Waals surface area contributed by atoms with E-state index >= 15 is 0 Å². The van der Waals surface area contributed by atoms with Crippen molar-refractivity contribution < 1.29 is 14.3 Å². The molecular formula is C20H22ClN3O3. The molecule has 2 aromatic rings. The van der Waals surface area contributed by atoms with Crippen molar-refractivity contribution in [1.82, 2.24) is 10.3 Å². The largest absolute Gasteiger partial charge is 0.481 e. The van der Waals surface area contributed by atoms with Gasteiger partial charge in [0.2, 0.25) is 5.88 Å². The number of aryl methyl sites for hydroxylation is 2. The molecule has 1 aromatic heterocycles. The molecule has 142 valence electrons. The van der Waals surface area contributed by atoms with Gasteiger partial charge in [-0.3, -0.25) is 0 Å². The zero-order valence-corrected chi connectivity index (χ0v) is 15.9. The lowest BCUT2D eigenvalue weighted by molar-refractivity contribution is 0.100. The van der Waals surface area contributed by atoms with E-state index in [4.69, 9.17) is 21.1 Å². The highest BCUT2D eigenvalue weighted by atomic mass is 35.5. The Hall–Kier alpha value is -2.31. The number of carbonyl (C=O) groups is 1. The number of carbonyl (C=O) groups excluding carboxylic acids is 1. The molecule has 1 saturated heterocycles. The fourth-order valence-corrected chi connectivity index (χ4v) is 4.00. The molecule has 27 heavy (non-hydrogen) atoms. The van der Waals surface area contributed by atoms with E-state index in [1.54, 1.807) is 19.4 Å². The summed E-state index contributed by atoms with van der Waals surface area (Å²) in [5.41, 5.74) is 4.11. The van der Waals surface area contributed by atoms with Crippen LogP contribution in [-0.2, 0) is 17.6 Å². The number of nitrogens with zero attached hydrogens (tertiary/aromatic N) is 1. The quantitative estimate of drug-likeness (QED) is 0.834.